The summed E-state index contributed by atoms with van der Waals surface area (Å²) in [6.07, 6.45) is -8.68. The number of halogens is 3. The van der Waals surface area contributed by atoms with Gasteiger partial charge in [0, 0.05) is 17.8 Å². The van der Waals surface area contributed by atoms with Crippen LogP contribution in [0.5, 0.6) is 5.75 Å². The highest BCUT2D eigenvalue weighted by molar-refractivity contribution is 5.67. The molecule has 1 amide bonds. The van der Waals surface area contributed by atoms with E-state index in [0.29, 0.717) is 0 Å². The number of aliphatic hydroxyl groups excluding tert-OH is 2. The van der Waals surface area contributed by atoms with Gasteiger partial charge < -0.3 is 30.7 Å². The maximum Gasteiger partial charge on any atom is 0.573 e. The summed E-state index contributed by atoms with van der Waals surface area (Å²) in [5.41, 5.74) is 6.33. The van der Waals surface area contributed by atoms with Crippen LogP contribution in [0.15, 0.2) is 48.5 Å². The number of hydrogen-bond donors (Lipinski definition) is 4. The lowest BCUT2D eigenvalue weighted by Crippen LogP contribution is -2.30. The highest BCUT2D eigenvalue weighted by Gasteiger charge is 2.32. The van der Waals surface area contributed by atoms with Gasteiger partial charge in [-0.15, -0.1) is 13.2 Å². The third-order valence-corrected chi connectivity index (χ3v) is 3.90. The molecule has 2 rings (SSSR count). The van der Waals surface area contributed by atoms with Gasteiger partial charge in [0.15, 0.2) is 0 Å². The molecule has 0 aliphatic rings. The summed E-state index contributed by atoms with van der Waals surface area (Å²) < 4.78 is 45.8. The topological polar surface area (TPSA) is 114 Å². The number of ether oxygens (including phenoxy) is 2. The zero-order valence-corrected chi connectivity index (χ0v) is 15.2. The molecule has 10 heteroatoms. The first-order valence-corrected chi connectivity index (χ1v) is 8.61. The minimum absolute atomic E-state index is 0.0127. The zero-order chi connectivity index (χ0) is 21.4. The predicted octanol–water partition coefficient (Wildman–Crippen LogP) is 2.88. The van der Waals surface area contributed by atoms with Crippen LogP contribution in [0.3, 0.4) is 0 Å². The van der Waals surface area contributed by atoms with E-state index >= 15 is 0 Å². The van der Waals surface area contributed by atoms with Crippen LogP contribution in [-0.4, -0.2) is 35.3 Å². The number of aliphatic hydroxyl groups is 2. The third-order valence-electron chi connectivity index (χ3n) is 3.90. The van der Waals surface area contributed by atoms with Gasteiger partial charge in [0.25, 0.3) is 0 Å². The number of nitrogen functional groups attached to an aromatic ring is 1. The van der Waals surface area contributed by atoms with Crippen molar-refractivity contribution in [3.8, 4) is 5.75 Å². The van der Waals surface area contributed by atoms with Crippen LogP contribution in [0, 0.1) is 0 Å². The standard InChI is InChI=1S/C19H21F3N2O5/c20-19(21,22)29-13-6-7-15(23)14(10-13)17(26)16(25)8-9-24-18(27)28-11-12-4-2-1-3-5-12/h1-7,10,16-17,25-26H,8-9,11,23H2,(H,24,27). The average molecular weight is 414 g/mol. The maximum atomic E-state index is 12.3. The second kappa shape index (κ2) is 9.99. The molecule has 2 aromatic carbocycles. The smallest absolute Gasteiger partial charge is 0.445 e. The van der Waals surface area contributed by atoms with Gasteiger partial charge in [-0.1, -0.05) is 30.3 Å². The Hall–Kier alpha value is -2.98. The monoisotopic (exact) mass is 414 g/mol. The van der Waals surface area contributed by atoms with Crippen molar-refractivity contribution in [3.63, 3.8) is 0 Å². The molecule has 0 fully saturated rings. The van der Waals surface area contributed by atoms with Gasteiger partial charge in [-0.3, -0.25) is 0 Å². The molecular formula is C19H21F3N2O5. The summed E-state index contributed by atoms with van der Waals surface area (Å²) in [5.74, 6) is -0.574. The van der Waals surface area contributed by atoms with Gasteiger partial charge in [0.05, 0.1) is 6.10 Å². The number of carbonyl (C=O) groups excluding carboxylic acids is 1. The second-order valence-corrected chi connectivity index (χ2v) is 6.13. The predicted molar refractivity (Wildman–Crippen MR) is 97.8 cm³/mol. The van der Waals surface area contributed by atoms with E-state index in [9.17, 15) is 28.2 Å². The van der Waals surface area contributed by atoms with E-state index < -0.39 is 30.4 Å². The Morgan fingerprint density at radius 3 is 2.48 bits per heavy atom. The van der Waals surface area contributed by atoms with E-state index in [-0.39, 0.29) is 30.8 Å². The Bertz CT molecular complexity index is 802. The average Bonchev–Trinajstić information content (AvgIpc) is 2.67. The Morgan fingerprint density at radius 1 is 1.14 bits per heavy atom. The number of amides is 1. The molecule has 0 heterocycles. The normalized spacial score (nSPS) is 13.4. The highest BCUT2D eigenvalue weighted by atomic mass is 19.4. The first-order valence-electron chi connectivity index (χ1n) is 8.61. The fourth-order valence-corrected chi connectivity index (χ4v) is 2.47. The van der Waals surface area contributed by atoms with E-state index in [1.54, 1.807) is 24.3 Å². The van der Waals surface area contributed by atoms with Gasteiger partial charge in [-0.25, -0.2) is 4.79 Å². The Labute approximate surface area is 164 Å². The Kier molecular flexibility index (Phi) is 7.68. The molecule has 158 valence electrons. The molecule has 0 bridgehead atoms. The van der Waals surface area contributed by atoms with Crippen LogP contribution >= 0.6 is 0 Å². The van der Waals surface area contributed by atoms with Crippen molar-refractivity contribution in [2.24, 2.45) is 0 Å². The second-order valence-electron chi connectivity index (χ2n) is 6.13. The fraction of sp³-hybridized carbons (Fsp3) is 0.316. The molecule has 5 N–H and O–H groups in total. The number of nitrogens with one attached hydrogen (secondary N) is 1. The molecule has 0 radical (unpaired) electrons. The molecule has 0 saturated heterocycles. The van der Waals surface area contributed by atoms with Crippen molar-refractivity contribution in [3.05, 3.63) is 59.7 Å². The van der Waals surface area contributed by atoms with Gasteiger partial charge >= 0.3 is 12.5 Å². The zero-order valence-electron chi connectivity index (χ0n) is 15.2. The van der Waals surface area contributed by atoms with Gasteiger partial charge in [-0.2, -0.15) is 0 Å². The number of anilines is 1. The van der Waals surface area contributed by atoms with Crippen LogP contribution in [0.1, 0.15) is 23.7 Å². The molecule has 0 aromatic heterocycles. The molecular weight excluding hydrogens is 393 g/mol. The minimum Gasteiger partial charge on any atom is -0.445 e. The largest absolute Gasteiger partial charge is 0.573 e. The highest BCUT2D eigenvalue weighted by Crippen LogP contribution is 2.31. The number of nitrogens with two attached hydrogens (primary N) is 1. The van der Waals surface area contributed by atoms with E-state index in [0.717, 1.165) is 23.8 Å². The molecule has 2 unspecified atom stereocenters. The van der Waals surface area contributed by atoms with Crippen LogP contribution < -0.4 is 15.8 Å². The first-order chi connectivity index (χ1) is 13.7. The van der Waals surface area contributed by atoms with Crippen molar-refractivity contribution in [2.75, 3.05) is 12.3 Å². The molecule has 0 spiro atoms. The lowest BCUT2D eigenvalue weighted by atomic mass is 10.00. The molecule has 2 atom stereocenters. The quantitative estimate of drug-likeness (QED) is 0.494. The fourth-order valence-electron chi connectivity index (χ4n) is 2.47. The summed E-state index contributed by atoms with van der Waals surface area (Å²) in [5, 5.41) is 22.7. The Morgan fingerprint density at radius 2 is 1.83 bits per heavy atom. The number of alkyl carbamates (subject to hydrolysis) is 1. The molecule has 0 aliphatic carbocycles. The summed E-state index contributed by atoms with van der Waals surface area (Å²) in [4.78, 5) is 11.6. The van der Waals surface area contributed by atoms with Crippen molar-refractivity contribution in [1.82, 2.24) is 5.32 Å². The van der Waals surface area contributed by atoms with E-state index in [1.165, 1.54) is 0 Å². The van der Waals surface area contributed by atoms with Crippen LogP contribution in [0.2, 0.25) is 0 Å². The van der Waals surface area contributed by atoms with E-state index in [1.807, 2.05) is 6.07 Å². The van der Waals surface area contributed by atoms with Crippen molar-refractivity contribution in [2.45, 2.75) is 31.6 Å². The van der Waals surface area contributed by atoms with E-state index in [4.69, 9.17) is 10.5 Å². The maximum absolute atomic E-state index is 12.3. The van der Waals surface area contributed by atoms with Gasteiger partial charge in [-0.05, 0) is 30.2 Å². The third kappa shape index (κ3) is 7.51. The summed E-state index contributed by atoms with van der Waals surface area (Å²) >= 11 is 0. The summed E-state index contributed by atoms with van der Waals surface area (Å²) in [6.45, 7) is 0.0326. The molecule has 29 heavy (non-hydrogen) atoms. The minimum atomic E-state index is -4.90. The van der Waals surface area contributed by atoms with Crippen molar-refractivity contribution >= 4 is 11.8 Å². The Balaban J connectivity index is 1.83. The van der Waals surface area contributed by atoms with Crippen LogP contribution in [-0.2, 0) is 11.3 Å². The lowest BCUT2D eigenvalue weighted by molar-refractivity contribution is -0.274. The van der Waals surface area contributed by atoms with Crippen molar-refractivity contribution in [1.29, 1.82) is 0 Å². The van der Waals surface area contributed by atoms with Gasteiger partial charge in [0.1, 0.15) is 18.5 Å². The summed E-state index contributed by atoms with van der Waals surface area (Å²) in [6, 6.07) is 12.0. The number of carbonyl (C=O) groups is 1. The number of rotatable bonds is 8. The molecule has 7 nitrogen and oxygen atoms in total. The SMILES string of the molecule is Nc1ccc(OC(F)(F)F)cc1C(O)C(O)CCNC(=O)OCc1ccccc1. The number of alkyl halides is 3. The molecule has 2 aromatic rings. The summed E-state index contributed by atoms with van der Waals surface area (Å²) in [7, 11) is 0. The molecule has 0 aliphatic heterocycles. The van der Waals surface area contributed by atoms with Crippen molar-refractivity contribution < 1.29 is 37.7 Å². The lowest BCUT2D eigenvalue weighted by Gasteiger charge is -2.21. The van der Waals surface area contributed by atoms with Crippen LogP contribution in [0.25, 0.3) is 0 Å². The number of hydrogen-bond acceptors (Lipinski definition) is 6. The van der Waals surface area contributed by atoms with E-state index in [2.05, 4.69) is 10.1 Å². The van der Waals surface area contributed by atoms with Crippen LogP contribution in [0.4, 0.5) is 23.7 Å². The molecule has 0 saturated carbocycles. The van der Waals surface area contributed by atoms with Gasteiger partial charge in [0.2, 0.25) is 0 Å². The number of benzene rings is 2. The first kappa shape index (κ1) is 22.3.